The molecule has 4 rings (SSSR count). The second-order valence-electron chi connectivity index (χ2n) is 7.49. The molecular weight excluding hydrogens is 382 g/mol. The molecule has 156 valence electrons. The normalized spacial score (nSPS) is 14.4. The van der Waals surface area contributed by atoms with Gasteiger partial charge in [-0.2, -0.15) is 0 Å². The Morgan fingerprint density at radius 3 is 2.47 bits per heavy atom. The standard InChI is InChI=1S/C24H25NO5/c1-17-20(28-16-22(26)25-13-7-2-3-8-14-25)12-11-19-23(27)21(15-29-24(17)19)30-18-9-5-4-6-10-18/h4-6,9-12,15H,2-3,7-8,13-14,16H2,1H3. The Bertz CT molecular complexity index is 1080. The fraction of sp³-hybridized carbons (Fsp3) is 0.333. The summed E-state index contributed by atoms with van der Waals surface area (Å²) in [6.07, 6.45) is 5.74. The molecule has 0 aliphatic carbocycles. The van der Waals surface area contributed by atoms with Gasteiger partial charge in [0.15, 0.2) is 6.61 Å². The number of hydrogen-bond acceptors (Lipinski definition) is 5. The SMILES string of the molecule is Cc1c(OCC(=O)N2CCCCCC2)ccc2c(=O)c(Oc3ccccc3)coc12. The molecule has 1 aromatic heterocycles. The topological polar surface area (TPSA) is 69.0 Å². The molecule has 1 saturated heterocycles. The number of ether oxygens (including phenoxy) is 2. The number of amides is 1. The number of nitrogens with zero attached hydrogens (tertiary/aromatic N) is 1. The van der Waals surface area contributed by atoms with Gasteiger partial charge in [-0.25, -0.2) is 0 Å². The van der Waals surface area contributed by atoms with Crippen LogP contribution in [0, 0.1) is 6.92 Å². The highest BCUT2D eigenvalue weighted by atomic mass is 16.5. The van der Waals surface area contributed by atoms with Crippen LogP contribution in [0.25, 0.3) is 11.0 Å². The van der Waals surface area contributed by atoms with E-state index in [1.807, 2.05) is 30.0 Å². The lowest BCUT2D eigenvalue weighted by Gasteiger charge is -2.20. The second-order valence-corrected chi connectivity index (χ2v) is 7.49. The molecular formula is C24H25NO5. The van der Waals surface area contributed by atoms with Crippen LogP contribution in [0.15, 0.2) is 57.9 Å². The van der Waals surface area contributed by atoms with E-state index >= 15 is 0 Å². The lowest BCUT2D eigenvalue weighted by Crippen LogP contribution is -2.35. The smallest absolute Gasteiger partial charge is 0.260 e. The first kappa shape index (κ1) is 20.0. The highest BCUT2D eigenvalue weighted by Gasteiger charge is 2.18. The maximum absolute atomic E-state index is 12.8. The molecule has 6 nitrogen and oxygen atoms in total. The maximum atomic E-state index is 12.8. The molecule has 0 saturated carbocycles. The van der Waals surface area contributed by atoms with E-state index in [0.29, 0.717) is 28.0 Å². The van der Waals surface area contributed by atoms with Crippen LogP contribution in [0.1, 0.15) is 31.2 Å². The van der Waals surface area contributed by atoms with Gasteiger partial charge in [-0.1, -0.05) is 31.0 Å². The van der Waals surface area contributed by atoms with Gasteiger partial charge in [0.05, 0.1) is 5.39 Å². The molecule has 2 aromatic carbocycles. The van der Waals surface area contributed by atoms with Crippen LogP contribution in [-0.4, -0.2) is 30.5 Å². The third-order valence-corrected chi connectivity index (χ3v) is 5.39. The van der Waals surface area contributed by atoms with Gasteiger partial charge in [0, 0.05) is 18.7 Å². The lowest BCUT2D eigenvalue weighted by atomic mass is 10.1. The molecule has 0 atom stereocenters. The summed E-state index contributed by atoms with van der Waals surface area (Å²) in [5.74, 6) is 1.21. The Kier molecular flexibility index (Phi) is 6.02. The Labute approximate surface area is 175 Å². The third-order valence-electron chi connectivity index (χ3n) is 5.39. The summed E-state index contributed by atoms with van der Waals surface area (Å²) in [6, 6.07) is 12.4. The molecule has 0 spiro atoms. The molecule has 1 fully saturated rings. The molecule has 6 heteroatoms. The zero-order chi connectivity index (χ0) is 20.9. The molecule has 1 aliphatic heterocycles. The van der Waals surface area contributed by atoms with Crippen LogP contribution in [0.2, 0.25) is 0 Å². The molecule has 0 unspecified atom stereocenters. The van der Waals surface area contributed by atoms with Crippen molar-refractivity contribution in [2.45, 2.75) is 32.6 Å². The number of rotatable bonds is 5. The summed E-state index contributed by atoms with van der Waals surface area (Å²) in [4.78, 5) is 27.2. The van der Waals surface area contributed by atoms with Gasteiger partial charge < -0.3 is 18.8 Å². The molecule has 1 aliphatic rings. The Balaban J connectivity index is 1.51. The van der Waals surface area contributed by atoms with E-state index in [2.05, 4.69) is 0 Å². The van der Waals surface area contributed by atoms with E-state index < -0.39 is 0 Å². The first-order valence-electron chi connectivity index (χ1n) is 10.3. The van der Waals surface area contributed by atoms with Gasteiger partial charge in [0.25, 0.3) is 5.91 Å². The van der Waals surface area contributed by atoms with Crippen molar-refractivity contribution in [1.29, 1.82) is 0 Å². The lowest BCUT2D eigenvalue weighted by molar-refractivity contribution is -0.133. The van der Waals surface area contributed by atoms with E-state index in [0.717, 1.165) is 25.9 Å². The van der Waals surface area contributed by atoms with Crippen molar-refractivity contribution < 1.29 is 18.7 Å². The molecule has 1 amide bonds. The minimum atomic E-state index is -0.254. The van der Waals surface area contributed by atoms with Crippen LogP contribution in [0.5, 0.6) is 17.2 Å². The molecule has 0 N–H and O–H groups in total. The predicted molar refractivity (Wildman–Crippen MR) is 114 cm³/mol. The van der Waals surface area contributed by atoms with Gasteiger partial charge in [0.1, 0.15) is 23.3 Å². The second kappa shape index (κ2) is 9.03. The minimum Gasteiger partial charge on any atom is -0.483 e. The first-order valence-corrected chi connectivity index (χ1v) is 10.3. The van der Waals surface area contributed by atoms with Crippen LogP contribution in [-0.2, 0) is 4.79 Å². The largest absolute Gasteiger partial charge is 0.483 e. The summed E-state index contributed by atoms with van der Waals surface area (Å²) in [5, 5.41) is 0.409. The summed E-state index contributed by atoms with van der Waals surface area (Å²) in [5.41, 5.74) is 0.857. The predicted octanol–water partition coefficient (Wildman–Crippen LogP) is 4.68. The molecule has 2 heterocycles. The maximum Gasteiger partial charge on any atom is 0.260 e. The summed E-state index contributed by atoms with van der Waals surface area (Å²) < 4.78 is 17.1. The van der Waals surface area contributed by atoms with Crippen LogP contribution in [0.3, 0.4) is 0 Å². The van der Waals surface area contributed by atoms with Crippen LogP contribution in [0.4, 0.5) is 0 Å². The van der Waals surface area contributed by atoms with E-state index in [1.54, 1.807) is 24.3 Å². The van der Waals surface area contributed by atoms with Crippen molar-refractivity contribution in [2.75, 3.05) is 19.7 Å². The van der Waals surface area contributed by atoms with Crippen molar-refractivity contribution in [1.82, 2.24) is 4.90 Å². The quantitative estimate of drug-likeness (QED) is 0.614. The third kappa shape index (κ3) is 4.32. The van der Waals surface area contributed by atoms with E-state index in [4.69, 9.17) is 13.9 Å². The number of para-hydroxylation sites is 1. The van der Waals surface area contributed by atoms with Crippen molar-refractivity contribution >= 4 is 16.9 Å². The number of carbonyl (C=O) groups excluding carboxylic acids is 1. The average molecular weight is 407 g/mol. The van der Waals surface area contributed by atoms with Gasteiger partial charge in [0.2, 0.25) is 11.2 Å². The van der Waals surface area contributed by atoms with Crippen LogP contribution >= 0.6 is 0 Å². The number of likely N-dealkylation sites (tertiary alicyclic amines) is 1. The fourth-order valence-electron chi connectivity index (χ4n) is 3.70. The summed E-state index contributed by atoms with van der Waals surface area (Å²) >= 11 is 0. The molecule has 0 radical (unpaired) electrons. The van der Waals surface area contributed by atoms with Crippen molar-refractivity contribution in [3.63, 3.8) is 0 Å². The Morgan fingerprint density at radius 2 is 1.73 bits per heavy atom. The Morgan fingerprint density at radius 1 is 1.00 bits per heavy atom. The van der Waals surface area contributed by atoms with Gasteiger partial charge in [-0.05, 0) is 44.0 Å². The first-order chi connectivity index (χ1) is 14.6. The highest BCUT2D eigenvalue weighted by molar-refractivity contribution is 5.83. The summed E-state index contributed by atoms with van der Waals surface area (Å²) in [6.45, 7) is 3.37. The number of aryl methyl sites for hydroxylation is 1. The number of carbonyl (C=O) groups is 1. The number of benzene rings is 2. The zero-order valence-corrected chi connectivity index (χ0v) is 17.1. The molecule has 30 heavy (non-hydrogen) atoms. The van der Waals surface area contributed by atoms with Crippen molar-refractivity contribution in [3.05, 3.63) is 64.5 Å². The van der Waals surface area contributed by atoms with E-state index in [-0.39, 0.29) is 23.7 Å². The van der Waals surface area contributed by atoms with Gasteiger partial charge in [-0.3, -0.25) is 9.59 Å². The van der Waals surface area contributed by atoms with Gasteiger partial charge >= 0.3 is 0 Å². The minimum absolute atomic E-state index is 0.00976. The number of hydrogen-bond donors (Lipinski definition) is 0. The monoisotopic (exact) mass is 407 g/mol. The fourth-order valence-corrected chi connectivity index (χ4v) is 3.70. The van der Waals surface area contributed by atoms with E-state index in [9.17, 15) is 9.59 Å². The van der Waals surface area contributed by atoms with Crippen LogP contribution < -0.4 is 14.9 Å². The summed E-state index contributed by atoms with van der Waals surface area (Å²) in [7, 11) is 0. The highest BCUT2D eigenvalue weighted by Crippen LogP contribution is 2.28. The number of fused-ring (bicyclic) bond motifs is 1. The molecule has 3 aromatic rings. The molecule has 0 bridgehead atoms. The van der Waals surface area contributed by atoms with Crippen molar-refractivity contribution in [2.24, 2.45) is 0 Å². The average Bonchev–Trinajstić information content (AvgIpc) is 3.06. The van der Waals surface area contributed by atoms with Gasteiger partial charge in [-0.15, -0.1) is 0 Å². The van der Waals surface area contributed by atoms with E-state index in [1.165, 1.54) is 19.1 Å². The van der Waals surface area contributed by atoms with Crippen molar-refractivity contribution in [3.8, 4) is 17.2 Å². The Hall–Kier alpha value is -3.28. The zero-order valence-electron chi connectivity index (χ0n) is 17.1.